The van der Waals surface area contributed by atoms with Gasteiger partial charge in [-0.05, 0) is 24.7 Å². The van der Waals surface area contributed by atoms with Crippen molar-refractivity contribution in [3.8, 4) is 11.5 Å². The number of hydrogen-bond acceptors (Lipinski definition) is 6. The van der Waals surface area contributed by atoms with Gasteiger partial charge in [-0.2, -0.15) is 4.98 Å². The van der Waals surface area contributed by atoms with Crippen LogP contribution in [0.25, 0.3) is 11.5 Å². The van der Waals surface area contributed by atoms with Crippen LogP contribution in [0.15, 0.2) is 59.1 Å². The van der Waals surface area contributed by atoms with Gasteiger partial charge in [0.1, 0.15) is 0 Å². The molecular formula is C17H16N4O3. The minimum atomic E-state index is -0.405. The zero-order chi connectivity index (χ0) is 16.9. The van der Waals surface area contributed by atoms with Gasteiger partial charge in [0, 0.05) is 24.2 Å². The van der Waals surface area contributed by atoms with Crippen LogP contribution in [-0.4, -0.2) is 27.0 Å². The van der Waals surface area contributed by atoms with Gasteiger partial charge in [-0.1, -0.05) is 35.5 Å². The number of nitrogens with zero attached hydrogens (tertiary/aromatic N) is 4. The molecule has 122 valence electrons. The molecule has 0 unspecified atom stereocenters. The summed E-state index contributed by atoms with van der Waals surface area (Å²) in [5.41, 5.74) is 1.95. The number of nitro benzene ring substituents is 1. The van der Waals surface area contributed by atoms with Crippen molar-refractivity contribution in [3.05, 3.63) is 76.1 Å². The molecule has 0 bridgehead atoms. The highest BCUT2D eigenvalue weighted by molar-refractivity contribution is 5.51. The van der Waals surface area contributed by atoms with E-state index < -0.39 is 4.92 Å². The molecule has 0 amide bonds. The molecule has 7 heteroatoms. The van der Waals surface area contributed by atoms with Crippen LogP contribution in [0.1, 0.15) is 11.4 Å². The van der Waals surface area contributed by atoms with Crippen LogP contribution in [0, 0.1) is 10.1 Å². The van der Waals surface area contributed by atoms with E-state index in [1.807, 2.05) is 42.3 Å². The van der Waals surface area contributed by atoms with Crippen LogP contribution in [-0.2, 0) is 13.1 Å². The largest absolute Gasteiger partial charge is 0.334 e. The van der Waals surface area contributed by atoms with Gasteiger partial charge in [-0.3, -0.25) is 15.0 Å². The molecule has 0 N–H and O–H groups in total. The summed E-state index contributed by atoms with van der Waals surface area (Å²) in [5, 5.41) is 14.7. The molecule has 1 aromatic heterocycles. The van der Waals surface area contributed by atoms with Gasteiger partial charge in [0.25, 0.3) is 11.6 Å². The number of hydrogen-bond donors (Lipinski definition) is 0. The first-order valence-electron chi connectivity index (χ1n) is 7.42. The molecule has 3 rings (SSSR count). The lowest BCUT2D eigenvalue weighted by Crippen LogP contribution is -2.18. The fourth-order valence-electron chi connectivity index (χ4n) is 2.35. The Morgan fingerprint density at radius 3 is 2.46 bits per heavy atom. The number of benzene rings is 2. The summed E-state index contributed by atoms with van der Waals surface area (Å²) >= 11 is 0. The van der Waals surface area contributed by atoms with Crippen molar-refractivity contribution in [2.45, 2.75) is 13.1 Å². The average Bonchev–Trinajstić information content (AvgIpc) is 3.04. The van der Waals surface area contributed by atoms with E-state index in [1.165, 1.54) is 12.1 Å². The van der Waals surface area contributed by atoms with E-state index in [0.717, 1.165) is 11.1 Å². The van der Waals surface area contributed by atoms with Crippen LogP contribution in [0.2, 0.25) is 0 Å². The van der Waals surface area contributed by atoms with Crippen molar-refractivity contribution in [3.63, 3.8) is 0 Å². The van der Waals surface area contributed by atoms with Crippen molar-refractivity contribution in [1.29, 1.82) is 0 Å². The summed E-state index contributed by atoms with van der Waals surface area (Å²) in [6.07, 6.45) is 0. The molecule has 24 heavy (non-hydrogen) atoms. The Morgan fingerprint density at radius 2 is 1.79 bits per heavy atom. The SMILES string of the molecule is CN(Cc1ccc([N+](=O)[O-])cc1)Cc1noc(-c2ccccc2)n1. The topological polar surface area (TPSA) is 85.3 Å². The molecule has 3 aromatic rings. The Hall–Kier alpha value is -3.06. The van der Waals surface area contributed by atoms with Crippen LogP contribution in [0.3, 0.4) is 0 Å². The van der Waals surface area contributed by atoms with E-state index >= 15 is 0 Å². The Bertz CT molecular complexity index is 815. The second-order valence-corrected chi connectivity index (χ2v) is 5.48. The maximum atomic E-state index is 10.7. The number of nitro groups is 1. The molecule has 0 fully saturated rings. The third-order valence-corrected chi connectivity index (χ3v) is 3.50. The molecule has 0 saturated heterocycles. The minimum Gasteiger partial charge on any atom is -0.334 e. The van der Waals surface area contributed by atoms with Crippen LogP contribution < -0.4 is 0 Å². The van der Waals surface area contributed by atoms with Gasteiger partial charge in [0.2, 0.25) is 0 Å². The molecule has 0 spiro atoms. The molecule has 0 atom stereocenters. The first kappa shape index (κ1) is 15.8. The summed E-state index contributed by atoms with van der Waals surface area (Å²) < 4.78 is 5.28. The number of non-ortho nitro benzene ring substituents is 1. The smallest absolute Gasteiger partial charge is 0.269 e. The monoisotopic (exact) mass is 324 g/mol. The van der Waals surface area contributed by atoms with Crippen molar-refractivity contribution in [1.82, 2.24) is 15.0 Å². The molecule has 7 nitrogen and oxygen atoms in total. The van der Waals surface area contributed by atoms with Gasteiger partial charge >= 0.3 is 0 Å². The molecule has 0 saturated carbocycles. The summed E-state index contributed by atoms with van der Waals surface area (Å²) in [6.45, 7) is 1.15. The maximum Gasteiger partial charge on any atom is 0.269 e. The lowest BCUT2D eigenvalue weighted by Gasteiger charge is -2.14. The molecule has 0 aliphatic carbocycles. The van der Waals surface area contributed by atoms with E-state index in [0.29, 0.717) is 24.8 Å². The predicted molar refractivity (Wildman–Crippen MR) is 88.0 cm³/mol. The minimum absolute atomic E-state index is 0.0899. The molecule has 1 heterocycles. The molecule has 0 aliphatic rings. The summed E-state index contributed by atoms with van der Waals surface area (Å²) in [5.74, 6) is 1.09. The third kappa shape index (κ3) is 3.82. The van der Waals surface area contributed by atoms with Crippen molar-refractivity contribution < 1.29 is 9.45 Å². The lowest BCUT2D eigenvalue weighted by molar-refractivity contribution is -0.384. The highest BCUT2D eigenvalue weighted by atomic mass is 16.6. The van der Waals surface area contributed by atoms with E-state index in [9.17, 15) is 10.1 Å². The second-order valence-electron chi connectivity index (χ2n) is 5.48. The molecule has 0 radical (unpaired) electrons. The number of aromatic nitrogens is 2. The van der Waals surface area contributed by atoms with E-state index in [4.69, 9.17) is 4.52 Å². The van der Waals surface area contributed by atoms with Crippen molar-refractivity contribution in [2.75, 3.05) is 7.05 Å². The summed E-state index contributed by atoms with van der Waals surface area (Å²) in [4.78, 5) is 16.7. The zero-order valence-electron chi connectivity index (χ0n) is 13.1. The van der Waals surface area contributed by atoms with Crippen molar-refractivity contribution in [2.24, 2.45) is 0 Å². The average molecular weight is 324 g/mol. The van der Waals surface area contributed by atoms with Crippen LogP contribution in [0.4, 0.5) is 5.69 Å². The van der Waals surface area contributed by atoms with Crippen LogP contribution in [0.5, 0.6) is 0 Å². The Labute approximate surface area is 138 Å². The fourth-order valence-corrected chi connectivity index (χ4v) is 2.35. The lowest BCUT2D eigenvalue weighted by atomic mass is 10.2. The van der Waals surface area contributed by atoms with Gasteiger partial charge in [-0.15, -0.1) is 0 Å². The molecule has 0 aliphatic heterocycles. The normalized spacial score (nSPS) is 10.9. The van der Waals surface area contributed by atoms with E-state index in [-0.39, 0.29) is 5.69 Å². The van der Waals surface area contributed by atoms with Crippen molar-refractivity contribution >= 4 is 5.69 Å². The zero-order valence-corrected chi connectivity index (χ0v) is 13.1. The third-order valence-electron chi connectivity index (χ3n) is 3.50. The Kier molecular flexibility index (Phi) is 4.62. The first-order chi connectivity index (χ1) is 11.6. The quantitative estimate of drug-likeness (QED) is 0.511. The highest BCUT2D eigenvalue weighted by Crippen LogP contribution is 2.17. The first-order valence-corrected chi connectivity index (χ1v) is 7.42. The van der Waals surface area contributed by atoms with Gasteiger partial charge in [0.05, 0.1) is 11.5 Å². The number of rotatable bonds is 6. The highest BCUT2D eigenvalue weighted by Gasteiger charge is 2.11. The standard InChI is InChI=1S/C17H16N4O3/c1-20(11-13-7-9-15(10-8-13)21(22)23)12-16-18-17(24-19-16)14-5-3-2-4-6-14/h2-10H,11-12H2,1H3. The Morgan fingerprint density at radius 1 is 1.08 bits per heavy atom. The molecular weight excluding hydrogens is 308 g/mol. The second kappa shape index (κ2) is 7.01. The maximum absolute atomic E-state index is 10.7. The van der Waals surface area contributed by atoms with Gasteiger partial charge < -0.3 is 4.52 Å². The van der Waals surface area contributed by atoms with E-state index in [2.05, 4.69) is 10.1 Å². The predicted octanol–water partition coefficient (Wildman–Crippen LogP) is 3.28. The molecule has 2 aromatic carbocycles. The van der Waals surface area contributed by atoms with Gasteiger partial charge in [0.15, 0.2) is 5.82 Å². The van der Waals surface area contributed by atoms with E-state index in [1.54, 1.807) is 12.1 Å². The van der Waals surface area contributed by atoms with Gasteiger partial charge in [-0.25, -0.2) is 0 Å². The fraction of sp³-hybridized carbons (Fsp3) is 0.176. The Balaban J connectivity index is 1.62. The summed E-state index contributed by atoms with van der Waals surface area (Å²) in [6, 6.07) is 16.1. The van der Waals surface area contributed by atoms with Crippen LogP contribution >= 0.6 is 0 Å². The summed E-state index contributed by atoms with van der Waals surface area (Å²) in [7, 11) is 1.93.